The van der Waals surface area contributed by atoms with E-state index in [9.17, 15) is 13.2 Å². The second kappa shape index (κ2) is 6.96. The Balaban J connectivity index is 1.90. The number of halogens is 3. The Kier molecular flexibility index (Phi) is 4.47. The van der Waals surface area contributed by atoms with Crippen LogP contribution in [0.2, 0.25) is 0 Å². The zero-order valence-corrected chi connectivity index (χ0v) is 14.9. The van der Waals surface area contributed by atoms with Crippen LogP contribution in [-0.4, -0.2) is 17.1 Å². The molecule has 0 fully saturated rings. The van der Waals surface area contributed by atoms with Gasteiger partial charge in [-0.15, -0.1) is 0 Å². The topological polar surface area (TPSA) is 35.0 Å². The van der Waals surface area contributed by atoms with Crippen LogP contribution in [0, 0.1) is 0 Å². The van der Waals surface area contributed by atoms with Crippen LogP contribution in [0.15, 0.2) is 73.1 Å². The zero-order valence-electron chi connectivity index (χ0n) is 14.9. The van der Waals surface area contributed by atoms with Gasteiger partial charge in [-0.05, 0) is 41.5 Å². The summed E-state index contributed by atoms with van der Waals surface area (Å²) in [6, 6.07) is 18.3. The van der Waals surface area contributed by atoms with Crippen molar-refractivity contribution < 1.29 is 17.9 Å². The van der Waals surface area contributed by atoms with Crippen LogP contribution < -0.4 is 4.74 Å². The first-order valence-corrected chi connectivity index (χ1v) is 8.53. The number of nitrogens with zero attached hydrogens (tertiary/aromatic N) is 2. The summed E-state index contributed by atoms with van der Waals surface area (Å²) in [5.41, 5.74) is 3.06. The predicted molar refractivity (Wildman–Crippen MR) is 102 cm³/mol. The number of methoxy groups -OCH3 is 1. The van der Waals surface area contributed by atoms with Crippen molar-refractivity contribution in [1.29, 1.82) is 0 Å². The minimum absolute atomic E-state index is 0.588. The summed E-state index contributed by atoms with van der Waals surface area (Å²) >= 11 is 0. The van der Waals surface area contributed by atoms with Crippen molar-refractivity contribution in [2.45, 2.75) is 6.18 Å². The molecule has 0 atom stereocenters. The lowest BCUT2D eigenvalue weighted by molar-refractivity contribution is -0.137. The number of fused-ring (bicyclic) bond motifs is 1. The molecule has 0 aliphatic carbocycles. The van der Waals surface area contributed by atoms with Crippen molar-refractivity contribution in [3.63, 3.8) is 0 Å². The van der Waals surface area contributed by atoms with Crippen LogP contribution in [0.3, 0.4) is 0 Å². The Hall–Kier alpha value is -3.41. The maximum Gasteiger partial charge on any atom is 0.416 e. The lowest BCUT2D eigenvalue weighted by Gasteiger charge is -2.12. The number of ether oxygens (including phenoxy) is 1. The van der Waals surface area contributed by atoms with Gasteiger partial charge in [0.15, 0.2) is 0 Å². The third-order valence-corrected chi connectivity index (χ3v) is 4.55. The molecule has 0 amide bonds. The number of hydrogen-bond acceptors (Lipinski definition) is 3. The van der Waals surface area contributed by atoms with Crippen molar-refractivity contribution in [2.75, 3.05) is 7.11 Å². The molecule has 0 radical (unpaired) electrons. The van der Waals surface area contributed by atoms with Gasteiger partial charge in [0.05, 0.1) is 23.9 Å². The highest BCUT2D eigenvalue weighted by Crippen LogP contribution is 2.36. The number of benzene rings is 3. The molecule has 1 heterocycles. The lowest BCUT2D eigenvalue weighted by atomic mass is 9.96. The number of aromatic nitrogens is 2. The van der Waals surface area contributed by atoms with Gasteiger partial charge in [-0.2, -0.15) is 13.2 Å². The average molecular weight is 380 g/mol. The molecular weight excluding hydrogens is 365 g/mol. The summed E-state index contributed by atoms with van der Waals surface area (Å²) in [6.45, 7) is 0. The normalized spacial score (nSPS) is 11.6. The molecular formula is C22H15F3N2O. The molecule has 4 aromatic rings. The fourth-order valence-electron chi connectivity index (χ4n) is 3.16. The third kappa shape index (κ3) is 3.29. The molecule has 140 valence electrons. The summed E-state index contributed by atoms with van der Waals surface area (Å²) in [7, 11) is 1.60. The monoisotopic (exact) mass is 380 g/mol. The van der Waals surface area contributed by atoms with Crippen molar-refractivity contribution in [3.8, 4) is 28.1 Å². The first-order valence-electron chi connectivity index (χ1n) is 8.53. The van der Waals surface area contributed by atoms with E-state index in [1.165, 1.54) is 18.5 Å². The SMILES string of the molecule is COc1ccc(-c2cccc3ncnc(-c4ccc(C(F)(F)F)cc4)c23)cc1. The Morgan fingerprint density at radius 3 is 2.11 bits per heavy atom. The van der Waals surface area contributed by atoms with E-state index in [-0.39, 0.29) is 0 Å². The number of hydrogen-bond donors (Lipinski definition) is 0. The van der Waals surface area contributed by atoms with Gasteiger partial charge < -0.3 is 4.74 Å². The predicted octanol–water partition coefficient (Wildman–Crippen LogP) is 5.99. The van der Waals surface area contributed by atoms with Gasteiger partial charge in [0.2, 0.25) is 0 Å². The minimum Gasteiger partial charge on any atom is -0.497 e. The van der Waals surface area contributed by atoms with E-state index in [1.54, 1.807) is 7.11 Å². The smallest absolute Gasteiger partial charge is 0.416 e. The van der Waals surface area contributed by atoms with E-state index < -0.39 is 11.7 Å². The van der Waals surface area contributed by atoms with Crippen LogP contribution in [0.1, 0.15) is 5.56 Å². The van der Waals surface area contributed by atoms with E-state index in [1.807, 2.05) is 42.5 Å². The largest absolute Gasteiger partial charge is 0.497 e. The molecule has 0 aliphatic heterocycles. The summed E-state index contributed by atoms with van der Waals surface area (Å²) in [4.78, 5) is 8.70. The summed E-state index contributed by atoms with van der Waals surface area (Å²) in [6.07, 6.45) is -2.95. The van der Waals surface area contributed by atoms with E-state index in [2.05, 4.69) is 9.97 Å². The lowest BCUT2D eigenvalue weighted by Crippen LogP contribution is -2.04. The van der Waals surface area contributed by atoms with Gasteiger partial charge in [-0.1, -0.05) is 36.4 Å². The molecule has 0 aliphatic rings. The van der Waals surface area contributed by atoms with Crippen LogP contribution >= 0.6 is 0 Å². The van der Waals surface area contributed by atoms with Gasteiger partial charge >= 0.3 is 6.18 Å². The Labute approximate surface area is 159 Å². The molecule has 3 nitrogen and oxygen atoms in total. The molecule has 4 rings (SSSR count). The van der Waals surface area contributed by atoms with Gasteiger partial charge in [0, 0.05) is 10.9 Å². The number of alkyl halides is 3. The zero-order chi connectivity index (χ0) is 19.7. The summed E-state index contributed by atoms with van der Waals surface area (Å²) in [5, 5.41) is 0.787. The van der Waals surface area contributed by atoms with Gasteiger partial charge in [0.1, 0.15) is 12.1 Å². The van der Waals surface area contributed by atoms with Crippen LogP contribution in [0.25, 0.3) is 33.3 Å². The second-order valence-corrected chi connectivity index (χ2v) is 6.23. The minimum atomic E-state index is -4.37. The van der Waals surface area contributed by atoms with E-state index in [0.29, 0.717) is 11.3 Å². The van der Waals surface area contributed by atoms with Crippen molar-refractivity contribution in [1.82, 2.24) is 9.97 Å². The van der Waals surface area contributed by atoms with Crippen LogP contribution in [0.5, 0.6) is 5.75 Å². The van der Waals surface area contributed by atoms with Crippen molar-refractivity contribution in [2.24, 2.45) is 0 Å². The van der Waals surface area contributed by atoms with Crippen molar-refractivity contribution >= 4 is 10.9 Å². The fraction of sp³-hybridized carbons (Fsp3) is 0.0909. The van der Waals surface area contributed by atoms with Crippen LogP contribution in [-0.2, 0) is 6.18 Å². The number of rotatable bonds is 3. The Morgan fingerprint density at radius 1 is 0.786 bits per heavy atom. The van der Waals surface area contributed by atoms with E-state index in [4.69, 9.17) is 4.74 Å². The molecule has 0 N–H and O–H groups in total. The molecule has 0 saturated heterocycles. The molecule has 0 spiro atoms. The van der Waals surface area contributed by atoms with E-state index in [0.717, 1.165) is 39.9 Å². The quantitative estimate of drug-likeness (QED) is 0.438. The Morgan fingerprint density at radius 2 is 1.46 bits per heavy atom. The molecule has 0 bridgehead atoms. The molecule has 0 unspecified atom stereocenters. The summed E-state index contributed by atoms with van der Waals surface area (Å²) in [5.74, 6) is 0.739. The molecule has 28 heavy (non-hydrogen) atoms. The average Bonchev–Trinajstić information content (AvgIpc) is 2.72. The van der Waals surface area contributed by atoms with Gasteiger partial charge in [-0.3, -0.25) is 0 Å². The third-order valence-electron chi connectivity index (χ3n) is 4.55. The highest BCUT2D eigenvalue weighted by molar-refractivity contribution is 6.03. The fourth-order valence-corrected chi connectivity index (χ4v) is 3.16. The second-order valence-electron chi connectivity index (χ2n) is 6.23. The maximum absolute atomic E-state index is 12.9. The van der Waals surface area contributed by atoms with E-state index >= 15 is 0 Å². The highest BCUT2D eigenvalue weighted by atomic mass is 19.4. The Bertz CT molecular complexity index is 1120. The summed E-state index contributed by atoms with van der Waals surface area (Å²) < 4.78 is 43.9. The van der Waals surface area contributed by atoms with Crippen LogP contribution in [0.4, 0.5) is 13.2 Å². The molecule has 1 aromatic heterocycles. The molecule has 6 heteroatoms. The first kappa shape index (κ1) is 18.0. The standard InChI is InChI=1S/C22H15F3N2O/c1-28-17-11-7-14(8-12-17)18-3-2-4-19-20(18)21(27-13-26-19)15-5-9-16(10-6-15)22(23,24)25/h2-13H,1H3. The van der Waals surface area contributed by atoms with Gasteiger partial charge in [0.25, 0.3) is 0 Å². The van der Waals surface area contributed by atoms with Crippen molar-refractivity contribution in [3.05, 3.63) is 78.6 Å². The van der Waals surface area contributed by atoms with Gasteiger partial charge in [-0.25, -0.2) is 9.97 Å². The molecule has 0 saturated carbocycles. The molecule has 3 aromatic carbocycles. The first-order chi connectivity index (χ1) is 13.5. The highest BCUT2D eigenvalue weighted by Gasteiger charge is 2.30. The maximum atomic E-state index is 12.9.